The number of anilines is 1. The van der Waals surface area contributed by atoms with Crippen LogP contribution in [0.25, 0.3) is 0 Å². The van der Waals surface area contributed by atoms with Crippen molar-refractivity contribution in [3.8, 4) is 0 Å². The fraction of sp³-hybridized carbons (Fsp3) is 0.385. The summed E-state index contributed by atoms with van der Waals surface area (Å²) in [5, 5.41) is 5.08. The topological polar surface area (TPSA) is 103 Å². The number of nitrogens with one attached hydrogen (secondary N) is 2. The third-order valence-electron chi connectivity index (χ3n) is 2.70. The van der Waals surface area contributed by atoms with E-state index in [4.69, 9.17) is 15.2 Å². The minimum absolute atomic E-state index is 0.114. The van der Waals surface area contributed by atoms with E-state index in [1.807, 2.05) is 6.07 Å². The van der Waals surface area contributed by atoms with Gasteiger partial charge in [-0.1, -0.05) is 12.1 Å². The highest BCUT2D eigenvalue weighted by Crippen LogP contribution is 2.25. The van der Waals surface area contributed by atoms with Gasteiger partial charge in [-0.2, -0.15) is 0 Å². The van der Waals surface area contributed by atoms with Gasteiger partial charge < -0.3 is 25.8 Å². The maximum atomic E-state index is 11.6. The summed E-state index contributed by atoms with van der Waals surface area (Å²) in [6, 6.07) is 7.19. The summed E-state index contributed by atoms with van der Waals surface area (Å²) in [5.74, 6) is -0.695. The lowest BCUT2D eigenvalue weighted by atomic mass is 10.2. The molecule has 108 valence electrons. The van der Waals surface area contributed by atoms with Crippen LogP contribution in [0, 0.1) is 0 Å². The molecule has 0 bridgehead atoms. The summed E-state index contributed by atoms with van der Waals surface area (Å²) in [6.07, 6.45) is -0.385. The number of amides is 2. The Morgan fingerprint density at radius 2 is 2.00 bits per heavy atom. The maximum Gasteiger partial charge on any atom is 0.243 e. The van der Waals surface area contributed by atoms with E-state index in [9.17, 15) is 9.59 Å². The van der Waals surface area contributed by atoms with Gasteiger partial charge in [0.15, 0.2) is 6.29 Å². The zero-order chi connectivity index (χ0) is 14.4. The van der Waals surface area contributed by atoms with Crippen LogP contribution in [0.4, 0.5) is 5.69 Å². The molecule has 20 heavy (non-hydrogen) atoms. The van der Waals surface area contributed by atoms with E-state index in [0.717, 1.165) is 5.56 Å². The molecule has 2 amide bonds. The monoisotopic (exact) mass is 279 g/mol. The zero-order valence-corrected chi connectivity index (χ0v) is 10.9. The fourth-order valence-corrected chi connectivity index (χ4v) is 1.77. The minimum Gasteiger partial charge on any atom is -0.346 e. The molecule has 1 aliphatic heterocycles. The van der Waals surface area contributed by atoms with Crippen LogP contribution >= 0.6 is 0 Å². The van der Waals surface area contributed by atoms with Gasteiger partial charge in [-0.15, -0.1) is 0 Å². The van der Waals surface area contributed by atoms with Gasteiger partial charge in [-0.05, 0) is 12.1 Å². The van der Waals surface area contributed by atoms with Gasteiger partial charge in [0.1, 0.15) is 0 Å². The quantitative estimate of drug-likeness (QED) is 0.689. The molecule has 1 aromatic carbocycles. The second kappa shape index (κ2) is 6.99. The van der Waals surface area contributed by atoms with E-state index in [-0.39, 0.29) is 31.2 Å². The van der Waals surface area contributed by atoms with Gasteiger partial charge in [-0.25, -0.2) is 0 Å². The zero-order valence-electron chi connectivity index (χ0n) is 10.9. The molecule has 0 atom stereocenters. The number of benzene rings is 1. The fourth-order valence-electron chi connectivity index (χ4n) is 1.77. The van der Waals surface area contributed by atoms with Gasteiger partial charge in [0.2, 0.25) is 11.8 Å². The van der Waals surface area contributed by atoms with Gasteiger partial charge in [0, 0.05) is 11.3 Å². The molecule has 0 unspecified atom stereocenters. The largest absolute Gasteiger partial charge is 0.346 e. The average Bonchev–Trinajstić information content (AvgIpc) is 2.99. The first-order chi connectivity index (χ1) is 9.69. The van der Waals surface area contributed by atoms with E-state index in [1.54, 1.807) is 18.2 Å². The van der Waals surface area contributed by atoms with Crippen LogP contribution in [-0.4, -0.2) is 38.1 Å². The van der Waals surface area contributed by atoms with Gasteiger partial charge in [0.05, 0.1) is 26.3 Å². The van der Waals surface area contributed by atoms with E-state index < -0.39 is 0 Å². The normalized spacial score (nSPS) is 15.1. The van der Waals surface area contributed by atoms with Crippen molar-refractivity contribution in [1.29, 1.82) is 0 Å². The molecule has 4 N–H and O–H groups in total. The second-order valence-electron chi connectivity index (χ2n) is 4.23. The maximum absolute atomic E-state index is 11.6. The molecule has 0 saturated carbocycles. The van der Waals surface area contributed by atoms with Crippen LogP contribution in [-0.2, 0) is 19.1 Å². The third-order valence-corrected chi connectivity index (χ3v) is 2.70. The molecular weight excluding hydrogens is 262 g/mol. The van der Waals surface area contributed by atoms with Crippen LogP contribution in [0.5, 0.6) is 0 Å². The van der Waals surface area contributed by atoms with E-state index in [1.165, 1.54) is 0 Å². The molecule has 7 heteroatoms. The standard InChI is InChI=1S/C13H17N3O4/c14-7-11(17)15-8-12(18)16-10-3-1-2-9(6-10)13-19-4-5-20-13/h1-3,6,13H,4-5,7-8,14H2,(H,15,17)(H,16,18). The molecule has 0 aliphatic carbocycles. The number of nitrogens with two attached hydrogens (primary N) is 1. The summed E-state index contributed by atoms with van der Waals surface area (Å²) >= 11 is 0. The molecule has 0 spiro atoms. The van der Waals surface area contributed by atoms with E-state index >= 15 is 0 Å². The Bertz CT molecular complexity index is 486. The average molecular weight is 279 g/mol. The van der Waals surface area contributed by atoms with Crippen LogP contribution in [0.3, 0.4) is 0 Å². The smallest absolute Gasteiger partial charge is 0.243 e. The van der Waals surface area contributed by atoms with Crippen LogP contribution in [0.1, 0.15) is 11.9 Å². The highest BCUT2D eigenvalue weighted by Gasteiger charge is 2.18. The Hall–Kier alpha value is -1.96. The summed E-state index contributed by atoms with van der Waals surface area (Å²) in [5.41, 5.74) is 6.59. The number of rotatable bonds is 5. The molecule has 1 heterocycles. The summed E-state index contributed by atoms with van der Waals surface area (Å²) in [4.78, 5) is 22.6. The van der Waals surface area contributed by atoms with E-state index in [0.29, 0.717) is 18.9 Å². The van der Waals surface area contributed by atoms with Gasteiger partial charge in [0.25, 0.3) is 0 Å². The number of hydrogen-bond acceptors (Lipinski definition) is 5. The Balaban J connectivity index is 1.90. The van der Waals surface area contributed by atoms with Crippen molar-refractivity contribution in [1.82, 2.24) is 5.32 Å². The van der Waals surface area contributed by atoms with E-state index in [2.05, 4.69) is 10.6 Å². The predicted molar refractivity (Wildman–Crippen MR) is 71.8 cm³/mol. The molecule has 2 rings (SSSR count). The van der Waals surface area contributed by atoms with Crippen LogP contribution in [0.15, 0.2) is 24.3 Å². The Labute approximate surface area is 116 Å². The third kappa shape index (κ3) is 4.02. The number of carbonyl (C=O) groups is 2. The molecule has 1 aliphatic rings. The van der Waals surface area contributed by atoms with Crippen LogP contribution < -0.4 is 16.4 Å². The number of hydrogen-bond donors (Lipinski definition) is 3. The molecule has 1 saturated heterocycles. The lowest BCUT2D eigenvalue weighted by molar-refractivity contribution is -0.123. The van der Waals surface area contributed by atoms with Crippen molar-refractivity contribution in [3.63, 3.8) is 0 Å². The predicted octanol–water partition coefficient (Wildman–Crippen LogP) is -0.255. The summed E-state index contributed by atoms with van der Waals surface area (Å²) < 4.78 is 10.8. The van der Waals surface area contributed by atoms with Crippen molar-refractivity contribution in [2.45, 2.75) is 6.29 Å². The van der Waals surface area contributed by atoms with Crippen molar-refractivity contribution in [3.05, 3.63) is 29.8 Å². The summed E-state index contributed by atoms with van der Waals surface area (Å²) in [7, 11) is 0. The molecule has 1 aromatic rings. The van der Waals surface area contributed by atoms with Crippen molar-refractivity contribution < 1.29 is 19.1 Å². The first kappa shape index (κ1) is 14.4. The highest BCUT2D eigenvalue weighted by molar-refractivity contribution is 5.94. The first-order valence-corrected chi connectivity index (χ1v) is 6.29. The molecule has 0 aromatic heterocycles. The Morgan fingerprint density at radius 1 is 1.25 bits per heavy atom. The summed E-state index contributed by atoms with van der Waals surface area (Å²) in [6.45, 7) is 0.870. The minimum atomic E-state index is -0.385. The Morgan fingerprint density at radius 3 is 2.70 bits per heavy atom. The molecule has 7 nitrogen and oxygen atoms in total. The lowest BCUT2D eigenvalue weighted by Gasteiger charge is -2.11. The SMILES string of the molecule is NCC(=O)NCC(=O)Nc1cccc(C2OCCO2)c1. The molecular formula is C13H17N3O4. The molecule has 0 radical (unpaired) electrons. The van der Waals surface area contributed by atoms with Gasteiger partial charge in [-0.3, -0.25) is 9.59 Å². The number of carbonyl (C=O) groups excluding carboxylic acids is 2. The lowest BCUT2D eigenvalue weighted by Crippen LogP contribution is -2.36. The Kier molecular flexibility index (Phi) is 5.05. The van der Waals surface area contributed by atoms with Gasteiger partial charge >= 0.3 is 0 Å². The van der Waals surface area contributed by atoms with Crippen molar-refractivity contribution in [2.75, 3.05) is 31.6 Å². The van der Waals surface area contributed by atoms with Crippen molar-refractivity contribution >= 4 is 17.5 Å². The second-order valence-corrected chi connectivity index (χ2v) is 4.23. The van der Waals surface area contributed by atoms with Crippen LogP contribution in [0.2, 0.25) is 0 Å². The highest BCUT2D eigenvalue weighted by atomic mass is 16.7. The first-order valence-electron chi connectivity index (χ1n) is 6.29. The van der Waals surface area contributed by atoms with Crippen molar-refractivity contribution in [2.24, 2.45) is 5.73 Å². The number of ether oxygens (including phenoxy) is 2. The molecule has 1 fully saturated rings.